The molecule has 16 heavy (non-hydrogen) atoms. The number of esters is 1. The molecule has 0 aliphatic carbocycles. The van der Waals surface area contributed by atoms with Crippen LogP contribution >= 0.6 is 0 Å². The first kappa shape index (κ1) is 12.3. The number of rotatable bonds is 1. The lowest BCUT2D eigenvalue weighted by Crippen LogP contribution is -2.28. The summed E-state index contributed by atoms with van der Waals surface area (Å²) in [5, 5.41) is 0. The van der Waals surface area contributed by atoms with Gasteiger partial charge in [-0.2, -0.15) is 17.6 Å². The Kier molecular flexibility index (Phi) is 3.11. The topological polar surface area (TPSA) is 26.3 Å². The maximum atomic E-state index is 12.8. The molecule has 0 N–H and O–H groups in total. The average Bonchev–Trinajstić information content (AvgIpc) is 2.17. The van der Waals surface area contributed by atoms with Gasteiger partial charge in [0.25, 0.3) is 0 Å². The number of hydrogen-bond acceptors (Lipinski definition) is 2. The van der Waals surface area contributed by atoms with Crippen LogP contribution in [0.5, 0.6) is 5.75 Å². The average molecular weight is 244 g/mol. The van der Waals surface area contributed by atoms with Gasteiger partial charge in [0.15, 0.2) is 17.4 Å². The molecular formula is C8H2F6O2. The molecule has 0 spiro atoms. The van der Waals surface area contributed by atoms with Crippen molar-refractivity contribution >= 4 is 5.97 Å². The Hall–Kier alpha value is -1.73. The second-order valence-corrected chi connectivity index (χ2v) is 2.56. The maximum absolute atomic E-state index is 12.8. The summed E-state index contributed by atoms with van der Waals surface area (Å²) < 4.78 is 76.2. The molecule has 0 aliphatic heterocycles. The Balaban J connectivity index is 3.00. The summed E-state index contributed by atoms with van der Waals surface area (Å²) in [4.78, 5) is 10.3. The first-order valence-corrected chi connectivity index (χ1v) is 3.66. The van der Waals surface area contributed by atoms with Crippen LogP contribution in [0.3, 0.4) is 0 Å². The molecular weight excluding hydrogens is 242 g/mol. The van der Waals surface area contributed by atoms with Crippen LogP contribution in [-0.4, -0.2) is 12.1 Å². The maximum Gasteiger partial charge on any atom is 0.491 e. The van der Waals surface area contributed by atoms with Gasteiger partial charge in [0.1, 0.15) is 0 Å². The highest BCUT2D eigenvalue weighted by Crippen LogP contribution is 2.25. The molecule has 0 amide bonds. The van der Waals surface area contributed by atoms with Crippen LogP contribution < -0.4 is 4.74 Å². The molecule has 1 rings (SSSR count). The van der Waals surface area contributed by atoms with Crippen LogP contribution in [0.1, 0.15) is 0 Å². The fraction of sp³-hybridized carbons (Fsp3) is 0.125. The largest absolute Gasteiger partial charge is 0.491 e. The van der Waals surface area contributed by atoms with E-state index >= 15 is 0 Å². The molecule has 8 heteroatoms. The normalized spacial score (nSPS) is 11.4. The summed E-state index contributed by atoms with van der Waals surface area (Å²) in [5.41, 5.74) is 0. The second-order valence-electron chi connectivity index (χ2n) is 2.56. The fourth-order valence-corrected chi connectivity index (χ4v) is 0.745. The standard InChI is InChI=1S/C8H2F6O2/c9-3-1-2-4(6(11)5(3)10)16-7(15)8(12,13)14/h1-2H. The van der Waals surface area contributed by atoms with Crippen molar-refractivity contribution in [3.8, 4) is 5.75 Å². The van der Waals surface area contributed by atoms with Gasteiger partial charge in [-0.1, -0.05) is 0 Å². The number of carbonyl (C=O) groups is 1. The molecule has 0 aliphatic rings. The zero-order valence-electron chi connectivity index (χ0n) is 7.24. The summed E-state index contributed by atoms with van der Waals surface area (Å²) in [5.74, 6) is -9.69. The Labute approximate surface area is 84.4 Å². The molecule has 1 aromatic rings. The fourth-order valence-electron chi connectivity index (χ4n) is 0.745. The number of ether oxygens (including phenoxy) is 1. The SMILES string of the molecule is O=C(Oc1ccc(F)c(F)c1F)C(F)(F)F. The number of benzene rings is 1. The number of halogens is 6. The predicted molar refractivity (Wildman–Crippen MR) is 38.0 cm³/mol. The summed E-state index contributed by atoms with van der Waals surface area (Å²) in [6.07, 6.45) is -5.35. The summed E-state index contributed by atoms with van der Waals surface area (Å²) in [6, 6.07) is 0.703. The molecule has 0 unspecified atom stereocenters. The zero-order valence-corrected chi connectivity index (χ0v) is 7.24. The minimum absolute atomic E-state index is 0.331. The lowest BCUT2D eigenvalue weighted by molar-refractivity contribution is -0.189. The van der Waals surface area contributed by atoms with Crippen LogP contribution in [0.2, 0.25) is 0 Å². The van der Waals surface area contributed by atoms with Crippen molar-refractivity contribution in [2.24, 2.45) is 0 Å². The molecule has 88 valence electrons. The number of alkyl halides is 3. The summed E-state index contributed by atoms with van der Waals surface area (Å²) in [6.45, 7) is 0. The quantitative estimate of drug-likeness (QED) is 0.328. The Morgan fingerprint density at radius 1 is 1.06 bits per heavy atom. The number of hydrogen-bond donors (Lipinski definition) is 0. The molecule has 1 aromatic carbocycles. The van der Waals surface area contributed by atoms with Gasteiger partial charge < -0.3 is 4.74 Å². The van der Waals surface area contributed by atoms with Crippen LogP contribution in [-0.2, 0) is 4.79 Å². The van der Waals surface area contributed by atoms with E-state index in [9.17, 15) is 31.1 Å². The van der Waals surface area contributed by atoms with Crippen molar-refractivity contribution in [3.63, 3.8) is 0 Å². The highest BCUT2D eigenvalue weighted by atomic mass is 19.4. The molecule has 0 heterocycles. The minimum atomic E-state index is -5.35. The van der Waals surface area contributed by atoms with Gasteiger partial charge in [0.2, 0.25) is 5.82 Å². The zero-order chi connectivity index (χ0) is 12.5. The van der Waals surface area contributed by atoms with E-state index in [1.165, 1.54) is 0 Å². The smallest absolute Gasteiger partial charge is 0.417 e. The first-order valence-electron chi connectivity index (χ1n) is 3.66. The van der Waals surface area contributed by atoms with Crippen LogP contribution in [0.4, 0.5) is 26.3 Å². The Morgan fingerprint density at radius 3 is 2.12 bits per heavy atom. The van der Waals surface area contributed by atoms with E-state index in [0.717, 1.165) is 0 Å². The molecule has 2 nitrogen and oxygen atoms in total. The van der Waals surface area contributed by atoms with Gasteiger partial charge in [-0.3, -0.25) is 0 Å². The Morgan fingerprint density at radius 2 is 1.62 bits per heavy atom. The third kappa shape index (κ3) is 2.44. The van der Waals surface area contributed by atoms with Gasteiger partial charge in [-0.25, -0.2) is 13.6 Å². The van der Waals surface area contributed by atoms with Gasteiger partial charge in [-0.05, 0) is 12.1 Å². The molecule has 0 saturated carbocycles. The van der Waals surface area contributed by atoms with E-state index < -0.39 is 35.3 Å². The van der Waals surface area contributed by atoms with E-state index in [1.54, 1.807) is 0 Å². The van der Waals surface area contributed by atoms with E-state index in [-0.39, 0.29) is 0 Å². The molecule has 0 saturated heterocycles. The van der Waals surface area contributed by atoms with Crippen molar-refractivity contribution in [1.82, 2.24) is 0 Å². The highest BCUT2D eigenvalue weighted by molar-refractivity contribution is 5.78. The number of carbonyl (C=O) groups excluding carboxylic acids is 1. The second kappa shape index (κ2) is 4.03. The minimum Gasteiger partial charge on any atom is -0.417 e. The van der Waals surface area contributed by atoms with Gasteiger partial charge >= 0.3 is 12.1 Å². The third-order valence-corrected chi connectivity index (χ3v) is 1.43. The van der Waals surface area contributed by atoms with E-state index in [2.05, 4.69) is 4.74 Å². The van der Waals surface area contributed by atoms with Crippen LogP contribution in [0.15, 0.2) is 12.1 Å². The third-order valence-electron chi connectivity index (χ3n) is 1.43. The van der Waals surface area contributed by atoms with Crippen molar-refractivity contribution in [2.45, 2.75) is 6.18 Å². The van der Waals surface area contributed by atoms with Crippen molar-refractivity contribution < 1.29 is 35.9 Å². The molecule has 0 radical (unpaired) electrons. The van der Waals surface area contributed by atoms with Crippen molar-refractivity contribution in [1.29, 1.82) is 0 Å². The van der Waals surface area contributed by atoms with E-state index in [1.807, 2.05) is 0 Å². The molecule has 0 aromatic heterocycles. The monoisotopic (exact) mass is 244 g/mol. The summed E-state index contributed by atoms with van der Waals surface area (Å²) in [7, 11) is 0. The molecule has 0 atom stereocenters. The van der Waals surface area contributed by atoms with Crippen LogP contribution in [0.25, 0.3) is 0 Å². The lowest BCUT2D eigenvalue weighted by Gasteiger charge is -2.07. The highest BCUT2D eigenvalue weighted by Gasteiger charge is 2.42. The van der Waals surface area contributed by atoms with Crippen molar-refractivity contribution in [2.75, 3.05) is 0 Å². The van der Waals surface area contributed by atoms with E-state index in [4.69, 9.17) is 0 Å². The Bertz CT molecular complexity index is 425. The first-order chi connectivity index (χ1) is 7.23. The molecule has 0 fully saturated rings. The predicted octanol–water partition coefficient (Wildman–Crippen LogP) is 2.57. The molecule has 0 bridgehead atoms. The van der Waals surface area contributed by atoms with Gasteiger partial charge in [-0.15, -0.1) is 0 Å². The lowest BCUT2D eigenvalue weighted by atomic mass is 10.3. The van der Waals surface area contributed by atoms with Gasteiger partial charge in [0.05, 0.1) is 0 Å². The van der Waals surface area contributed by atoms with Crippen LogP contribution in [0, 0.1) is 17.5 Å². The van der Waals surface area contributed by atoms with Gasteiger partial charge in [0, 0.05) is 0 Å². The summed E-state index contributed by atoms with van der Waals surface area (Å²) >= 11 is 0. The van der Waals surface area contributed by atoms with Crippen molar-refractivity contribution in [3.05, 3.63) is 29.6 Å². The van der Waals surface area contributed by atoms with E-state index in [0.29, 0.717) is 12.1 Å².